The first-order valence-corrected chi connectivity index (χ1v) is 9.06. The molecule has 0 aliphatic rings. The Labute approximate surface area is 160 Å². The maximum absolute atomic E-state index is 13.0. The molecule has 0 aliphatic carbocycles. The minimum atomic E-state index is -0.298. The van der Waals surface area contributed by atoms with Gasteiger partial charge in [-0.15, -0.1) is 11.3 Å². The van der Waals surface area contributed by atoms with Gasteiger partial charge in [-0.2, -0.15) is 0 Å². The molecule has 3 aromatic rings. The van der Waals surface area contributed by atoms with Gasteiger partial charge in [0.05, 0.1) is 5.69 Å². The van der Waals surface area contributed by atoms with E-state index in [1.165, 1.54) is 29.5 Å². The normalized spacial score (nSPS) is 10.7. The Morgan fingerprint density at radius 3 is 2.63 bits per heavy atom. The molecule has 0 spiro atoms. The van der Waals surface area contributed by atoms with E-state index in [1.54, 1.807) is 24.3 Å². The molecule has 1 N–H and O–H groups in total. The number of hydrogen-bond acceptors (Lipinski definition) is 4. The molecule has 0 atom stereocenters. The van der Waals surface area contributed by atoms with Crippen molar-refractivity contribution in [3.63, 3.8) is 0 Å². The van der Waals surface area contributed by atoms with Crippen LogP contribution in [0.25, 0.3) is 17.3 Å². The molecule has 1 aromatic heterocycles. The summed E-state index contributed by atoms with van der Waals surface area (Å²) in [5.74, 6) is 0.169. The monoisotopic (exact) mass is 380 g/mol. The van der Waals surface area contributed by atoms with Gasteiger partial charge in [-0.1, -0.05) is 24.8 Å². The molecule has 136 valence electrons. The topological polar surface area (TPSA) is 51.2 Å². The number of halogens is 1. The zero-order valence-corrected chi connectivity index (χ0v) is 15.2. The van der Waals surface area contributed by atoms with Gasteiger partial charge >= 0.3 is 0 Å². The standard InChI is InChI=1S/C21H17FN2O2S/c1-2-13-26-18-10-3-15(4-11-18)5-12-20(25)24-21-23-19(14-27-21)16-6-8-17(22)9-7-16/h2-12,14H,1,13H2,(H,23,24,25)/b12-5-. The van der Waals surface area contributed by atoms with Gasteiger partial charge in [0.25, 0.3) is 0 Å². The number of nitrogens with zero attached hydrogens (tertiary/aromatic N) is 1. The van der Waals surface area contributed by atoms with Crippen LogP contribution in [0.4, 0.5) is 9.52 Å². The van der Waals surface area contributed by atoms with Gasteiger partial charge in [0.15, 0.2) is 5.13 Å². The predicted octanol–water partition coefficient (Wildman–Crippen LogP) is 5.17. The first kappa shape index (κ1) is 18.5. The number of benzene rings is 2. The third kappa shape index (κ3) is 5.36. The lowest BCUT2D eigenvalue weighted by molar-refractivity contribution is -0.111. The number of rotatable bonds is 7. The van der Waals surface area contributed by atoms with Crippen molar-refractivity contribution in [2.45, 2.75) is 0 Å². The summed E-state index contributed by atoms with van der Waals surface area (Å²) in [5.41, 5.74) is 2.36. The SMILES string of the molecule is C=CCOc1ccc(/C=C\C(=O)Nc2nc(-c3ccc(F)cc3)cs2)cc1. The zero-order chi connectivity index (χ0) is 19.1. The molecule has 1 heterocycles. The molecule has 0 saturated carbocycles. The quantitative estimate of drug-likeness (QED) is 0.455. The van der Waals surface area contributed by atoms with Crippen LogP contribution >= 0.6 is 11.3 Å². The van der Waals surface area contributed by atoms with Crippen LogP contribution in [0.15, 0.2) is 72.6 Å². The minimum Gasteiger partial charge on any atom is -0.490 e. The smallest absolute Gasteiger partial charge is 0.250 e. The van der Waals surface area contributed by atoms with Crippen molar-refractivity contribution in [2.24, 2.45) is 0 Å². The Hall–Kier alpha value is -3.25. The lowest BCUT2D eigenvalue weighted by atomic mass is 10.2. The molecule has 3 rings (SSSR count). The highest BCUT2D eigenvalue weighted by Crippen LogP contribution is 2.25. The van der Waals surface area contributed by atoms with E-state index in [-0.39, 0.29) is 11.7 Å². The van der Waals surface area contributed by atoms with Crippen molar-refractivity contribution in [3.8, 4) is 17.0 Å². The summed E-state index contributed by atoms with van der Waals surface area (Å²) in [6.07, 6.45) is 4.83. The summed E-state index contributed by atoms with van der Waals surface area (Å²) in [6.45, 7) is 4.05. The number of carbonyl (C=O) groups is 1. The molecule has 0 fully saturated rings. The highest BCUT2D eigenvalue weighted by Gasteiger charge is 2.06. The van der Waals surface area contributed by atoms with Crippen LogP contribution in [0.2, 0.25) is 0 Å². The molecule has 6 heteroatoms. The fourth-order valence-corrected chi connectivity index (χ4v) is 2.96. The van der Waals surface area contributed by atoms with E-state index in [0.29, 0.717) is 17.4 Å². The highest BCUT2D eigenvalue weighted by molar-refractivity contribution is 7.14. The third-order valence-corrected chi connectivity index (χ3v) is 4.31. The van der Waals surface area contributed by atoms with E-state index in [4.69, 9.17) is 4.74 Å². The van der Waals surface area contributed by atoms with Gasteiger partial charge in [-0.05, 0) is 48.0 Å². The summed E-state index contributed by atoms with van der Waals surface area (Å²) in [6, 6.07) is 13.4. The molecule has 0 unspecified atom stereocenters. The van der Waals surface area contributed by atoms with E-state index < -0.39 is 0 Å². The van der Waals surface area contributed by atoms with Crippen molar-refractivity contribution in [1.82, 2.24) is 4.98 Å². The van der Waals surface area contributed by atoms with E-state index >= 15 is 0 Å². The summed E-state index contributed by atoms with van der Waals surface area (Å²) in [5, 5.41) is 5.02. The molecular weight excluding hydrogens is 363 g/mol. The summed E-state index contributed by atoms with van der Waals surface area (Å²) < 4.78 is 18.4. The number of nitrogens with one attached hydrogen (secondary N) is 1. The number of thiazole rings is 1. The Balaban J connectivity index is 1.58. The average molecular weight is 380 g/mol. The molecule has 0 saturated heterocycles. The lowest BCUT2D eigenvalue weighted by Gasteiger charge is -2.02. The Morgan fingerprint density at radius 2 is 1.93 bits per heavy atom. The van der Waals surface area contributed by atoms with Gasteiger partial charge in [-0.3, -0.25) is 10.1 Å². The van der Waals surface area contributed by atoms with Crippen LogP contribution in [-0.4, -0.2) is 17.5 Å². The van der Waals surface area contributed by atoms with Gasteiger partial charge in [0.1, 0.15) is 18.2 Å². The Bertz CT molecular complexity index is 947. The molecule has 1 amide bonds. The van der Waals surface area contributed by atoms with E-state index in [9.17, 15) is 9.18 Å². The molecule has 0 radical (unpaired) electrons. The van der Waals surface area contributed by atoms with Gasteiger partial charge in [0, 0.05) is 17.0 Å². The predicted molar refractivity (Wildman–Crippen MR) is 107 cm³/mol. The molecule has 27 heavy (non-hydrogen) atoms. The van der Waals surface area contributed by atoms with Crippen LogP contribution in [0.1, 0.15) is 5.56 Å². The molecule has 4 nitrogen and oxygen atoms in total. The van der Waals surface area contributed by atoms with E-state index in [1.807, 2.05) is 29.6 Å². The van der Waals surface area contributed by atoms with Crippen LogP contribution < -0.4 is 10.1 Å². The number of ether oxygens (including phenoxy) is 1. The van der Waals surface area contributed by atoms with E-state index in [0.717, 1.165) is 16.9 Å². The van der Waals surface area contributed by atoms with Crippen molar-refractivity contribution in [1.29, 1.82) is 0 Å². The van der Waals surface area contributed by atoms with Crippen molar-refractivity contribution >= 4 is 28.5 Å². The first-order chi connectivity index (χ1) is 13.1. The third-order valence-electron chi connectivity index (χ3n) is 3.55. The van der Waals surface area contributed by atoms with Gasteiger partial charge < -0.3 is 4.74 Å². The second-order valence-corrected chi connectivity index (χ2v) is 6.39. The van der Waals surface area contributed by atoms with Crippen molar-refractivity contribution < 1.29 is 13.9 Å². The largest absolute Gasteiger partial charge is 0.490 e. The second-order valence-electron chi connectivity index (χ2n) is 5.54. The number of aromatic nitrogens is 1. The van der Waals surface area contributed by atoms with E-state index in [2.05, 4.69) is 16.9 Å². The summed E-state index contributed by atoms with van der Waals surface area (Å²) in [4.78, 5) is 16.4. The van der Waals surface area contributed by atoms with Crippen LogP contribution in [0.5, 0.6) is 5.75 Å². The number of amides is 1. The number of anilines is 1. The maximum Gasteiger partial charge on any atom is 0.250 e. The zero-order valence-electron chi connectivity index (χ0n) is 14.4. The minimum absolute atomic E-state index is 0.276. The number of carbonyl (C=O) groups excluding carboxylic acids is 1. The van der Waals surface area contributed by atoms with Gasteiger partial charge in [-0.25, -0.2) is 9.37 Å². The van der Waals surface area contributed by atoms with Crippen molar-refractivity contribution in [2.75, 3.05) is 11.9 Å². The van der Waals surface area contributed by atoms with Crippen molar-refractivity contribution in [3.05, 3.63) is 84.0 Å². The highest BCUT2D eigenvalue weighted by atomic mass is 32.1. The summed E-state index contributed by atoms with van der Waals surface area (Å²) >= 11 is 1.31. The molecule has 0 aliphatic heterocycles. The maximum atomic E-state index is 13.0. The van der Waals surface area contributed by atoms with Crippen LogP contribution in [0, 0.1) is 5.82 Å². The molecule has 2 aromatic carbocycles. The Kier molecular flexibility index (Phi) is 6.12. The van der Waals surface area contributed by atoms with Gasteiger partial charge in [0.2, 0.25) is 5.91 Å². The second kappa shape index (κ2) is 8.91. The average Bonchev–Trinajstić information content (AvgIpc) is 3.14. The first-order valence-electron chi connectivity index (χ1n) is 8.18. The fourth-order valence-electron chi connectivity index (χ4n) is 2.23. The fraction of sp³-hybridized carbons (Fsp3) is 0.0476. The molecular formula is C21H17FN2O2S. The lowest BCUT2D eigenvalue weighted by Crippen LogP contribution is -2.07. The molecule has 0 bridgehead atoms. The number of hydrogen-bond donors (Lipinski definition) is 1. The summed E-state index contributed by atoms with van der Waals surface area (Å²) in [7, 11) is 0. The van der Waals surface area contributed by atoms with Crippen LogP contribution in [-0.2, 0) is 4.79 Å². The van der Waals surface area contributed by atoms with Crippen LogP contribution in [0.3, 0.4) is 0 Å². The Morgan fingerprint density at radius 1 is 1.19 bits per heavy atom.